The number of aliphatic hydroxyl groups is 1. The molecule has 1 unspecified atom stereocenters. The van der Waals surface area contributed by atoms with Crippen molar-refractivity contribution in [3.63, 3.8) is 0 Å². The summed E-state index contributed by atoms with van der Waals surface area (Å²) < 4.78 is 35.2. The Hall–Kier alpha value is -0.580. The van der Waals surface area contributed by atoms with Gasteiger partial charge < -0.3 is 5.11 Å². The maximum Gasteiger partial charge on any atom is 0.414 e. The third-order valence-corrected chi connectivity index (χ3v) is 1.60. The highest BCUT2D eigenvalue weighted by Gasteiger charge is 2.37. The predicted octanol–water partition coefficient (Wildman–Crippen LogP) is 2.06. The lowest BCUT2D eigenvalue weighted by atomic mass is 10.1. The third-order valence-electron chi connectivity index (χ3n) is 1.60. The van der Waals surface area contributed by atoms with E-state index in [0.717, 1.165) is 0 Å². The summed E-state index contributed by atoms with van der Waals surface area (Å²) in [5.74, 6) is -0.231. The molecular formula is C8H13F3O2. The molecule has 13 heavy (non-hydrogen) atoms. The first-order chi connectivity index (χ1) is 5.88. The fraction of sp³-hybridized carbons (Fsp3) is 0.875. The molecular weight excluding hydrogens is 185 g/mol. The standard InChI is InChI=1S/C8H13F3O2/c1-2-3-6(12)4-5-7(13)8(9,10)11/h7,13H,2-5H2,1H3. The van der Waals surface area contributed by atoms with Gasteiger partial charge in [0.05, 0.1) is 0 Å². The molecule has 0 fully saturated rings. The number of alkyl halides is 3. The first kappa shape index (κ1) is 12.4. The van der Waals surface area contributed by atoms with Crippen LogP contribution in [0.15, 0.2) is 0 Å². The second kappa shape index (κ2) is 5.21. The molecule has 0 aliphatic carbocycles. The minimum Gasteiger partial charge on any atom is -0.384 e. The van der Waals surface area contributed by atoms with Crippen LogP contribution in [0, 0.1) is 0 Å². The third kappa shape index (κ3) is 5.63. The van der Waals surface area contributed by atoms with Crippen LogP contribution in [-0.2, 0) is 4.79 Å². The number of Topliss-reactive ketones (excluding diaryl/α,β-unsaturated/α-hetero) is 1. The van der Waals surface area contributed by atoms with Crippen LogP contribution in [0.5, 0.6) is 0 Å². The van der Waals surface area contributed by atoms with Gasteiger partial charge in [0.2, 0.25) is 0 Å². The first-order valence-electron chi connectivity index (χ1n) is 4.14. The van der Waals surface area contributed by atoms with Gasteiger partial charge in [-0.3, -0.25) is 4.79 Å². The van der Waals surface area contributed by atoms with Gasteiger partial charge in [-0.1, -0.05) is 6.92 Å². The molecule has 0 saturated heterocycles. The molecule has 0 amide bonds. The Morgan fingerprint density at radius 1 is 1.38 bits per heavy atom. The molecule has 0 rings (SSSR count). The highest BCUT2D eigenvalue weighted by atomic mass is 19.4. The lowest BCUT2D eigenvalue weighted by Gasteiger charge is -2.13. The summed E-state index contributed by atoms with van der Waals surface area (Å²) in [5.41, 5.74) is 0. The molecule has 0 heterocycles. The number of rotatable bonds is 5. The van der Waals surface area contributed by atoms with Crippen molar-refractivity contribution in [3.8, 4) is 0 Å². The Morgan fingerprint density at radius 3 is 2.31 bits per heavy atom. The Balaban J connectivity index is 3.70. The average molecular weight is 198 g/mol. The average Bonchev–Trinajstić information content (AvgIpc) is 1.99. The second-order valence-electron chi connectivity index (χ2n) is 2.88. The number of ketones is 1. The highest BCUT2D eigenvalue weighted by Crippen LogP contribution is 2.23. The smallest absolute Gasteiger partial charge is 0.384 e. The summed E-state index contributed by atoms with van der Waals surface area (Å²) in [5, 5.41) is 8.53. The molecule has 78 valence electrons. The number of carbonyl (C=O) groups excluding carboxylic acids is 1. The van der Waals surface area contributed by atoms with Crippen LogP contribution in [0.2, 0.25) is 0 Å². The molecule has 1 N–H and O–H groups in total. The maximum atomic E-state index is 11.7. The van der Waals surface area contributed by atoms with E-state index in [1.54, 1.807) is 6.92 Å². The van der Waals surface area contributed by atoms with Crippen LogP contribution in [0.3, 0.4) is 0 Å². The topological polar surface area (TPSA) is 37.3 Å². The summed E-state index contributed by atoms with van der Waals surface area (Å²) in [4.78, 5) is 10.8. The minimum atomic E-state index is -4.60. The van der Waals surface area contributed by atoms with E-state index in [4.69, 9.17) is 5.11 Å². The number of carbonyl (C=O) groups is 1. The van der Waals surface area contributed by atoms with Crippen molar-refractivity contribution in [3.05, 3.63) is 0 Å². The number of halogens is 3. The Morgan fingerprint density at radius 2 is 1.92 bits per heavy atom. The van der Waals surface area contributed by atoms with Gasteiger partial charge >= 0.3 is 6.18 Å². The molecule has 2 nitrogen and oxygen atoms in total. The Bertz CT molecular complexity index is 165. The van der Waals surface area contributed by atoms with Crippen LogP contribution < -0.4 is 0 Å². The van der Waals surface area contributed by atoms with Crippen molar-refractivity contribution in [1.29, 1.82) is 0 Å². The number of hydrogen-bond donors (Lipinski definition) is 1. The number of hydrogen-bond acceptors (Lipinski definition) is 2. The monoisotopic (exact) mass is 198 g/mol. The molecule has 0 aromatic heterocycles. The van der Waals surface area contributed by atoms with E-state index >= 15 is 0 Å². The van der Waals surface area contributed by atoms with Crippen LogP contribution >= 0.6 is 0 Å². The molecule has 0 aliphatic heterocycles. The predicted molar refractivity (Wildman–Crippen MR) is 41.2 cm³/mol. The van der Waals surface area contributed by atoms with Crippen LogP contribution in [0.4, 0.5) is 13.2 Å². The van der Waals surface area contributed by atoms with Gasteiger partial charge in [-0.25, -0.2) is 0 Å². The van der Waals surface area contributed by atoms with Crippen molar-refractivity contribution >= 4 is 5.78 Å². The van der Waals surface area contributed by atoms with E-state index in [-0.39, 0.29) is 18.6 Å². The van der Waals surface area contributed by atoms with E-state index in [9.17, 15) is 18.0 Å². The van der Waals surface area contributed by atoms with Crippen LogP contribution in [0.25, 0.3) is 0 Å². The van der Waals surface area contributed by atoms with Gasteiger partial charge in [0, 0.05) is 12.8 Å². The first-order valence-corrected chi connectivity index (χ1v) is 4.14. The minimum absolute atomic E-state index is 0.200. The summed E-state index contributed by atoms with van der Waals surface area (Å²) in [6.45, 7) is 1.78. The van der Waals surface area contributed by atoms with Crippen LogP contribution in [0.1, 0.15) is 32.6 Å². The molecule has 0 aromatic rings. The molecule has 0 radical (unpaired) electrons. The molecule has 5 heteroatoms. The van der Waals surface area contributed by atoms with Crippen LogP contribution in [-0.4, -0.2) is 23.2 Å². The fourth-order valence-electron chi connectivity index (χ4n) is 0.865. The van der Waals surface area contributed by atoms with Crippen molar-refractivity contribution in [2.75, 3.05) is 0 Å². The molecule has 0 aliphatic rings. The quantitative estimate of drug-likeness (QED) is 0.734. The van der Waals surface area contributed by atoms with E-state index in [1.807, 2.05) is 0 Å². The molecule has 0 saturated carbocycles. The van der Waals surface area contributed by atoms with Crippen molar-refractivity contribution in [2.24, 2.45) is 0 Å². The molecule has 1 atom stereocenters. The highest BCUT2D eigenvalue weighted by molar-refractivity contribution is 5.78. The largest absolute Gasteiger partial charge is 0.414 e. The summed E-state index contributed by atoms with van der Waals surface area (Å²) in [6, 6.07) is 0. The normalized spacial score (nSPS) is 14.2. The second-order valence-corrected chi connectivity index (χ2v) is 2.88. The van der Waals surface area contributed by atoms with Gasteiger partial charge in [0.25, 0.3) is 0 Å². The Labute approximate surface area is 74.7 Å². The van der Waals surface area contributed by atoms with E-state index < -0.39 is 18.7 Å². The molecule has 0 bridgehead atoms. The van der Waals surface area contributed by atoms with E-state index in [2.05, 4.69) is 0 Å². The SMILES string of the molecule is CCCC(=O)CCC(O)C(F)(F)F. The van der Waals surface area contributed by atoms with Crippen molar-refractivity contribution in [2.45, 2.75) is 44.9 Å². The maximum absolute atomic E-state index is 11.7. The van der Waals surface area contributed by atoms with E-state index in [1.165, 1.54) is 0 Å². The number of aliphatic hydroxyl groups excluding tert-OH is 1. The zero-order valence-electron chi connectivity index (χ0n) is 7.40. The lowest BCUT2D eigenvalue weighted by Crippen LogP contribution is -2.28. The van der Waals surface area contributed by atoms with E-state index in [0.29, 0.717) is 6.42 Å². The molecule has 0 spiro atoms. The summed E-state index contributed by atoms with van der Waals surface area (Å²) in [7, 11) is 0. The lowest BCUT2D eigenvalue weighted by molar-refractivity contribution is -0.205. The zero-order valence-corrected chi connectivity index (χ0v) is 7.40. The summed E-state index contributed by atoms with van der Waals surface area (Å²) >= 11 is 0. The summed E-state index contributed by atoms with van der Waals surface area (Å²) in [6.07, 6.45) is -6.79. The van der Waals surface area contributed by atoms with Gasteiger partial charge in [-0.2, -0.15) is 13.2 Å². The van der Waals surface area contributed by atoms with Gasteiger partial charge in [0.1, 0.15) is 11.9 Å². The van der Waals surface area contributed by atoms with Gasteiger partial charge in [0.15, 0.2) is 0 Å². The Kier molecular flexibility index (Phi) is 4.98. The van der Waals surface area contributed by atoms with Crippen molar-refractivity contribution < 1.29 is 23.1 Å². The fourth-order valence-corrected chi connectivity index (χ4v) is 0.865. The van der Waals surface area contributed by atoms with Gasteiger partial charge in [-0.15, -0.1) is 0 Å². The van der Waals surface area contributed by atoms with Gasteiger partial charge in [-0.05, 0) is 12.8 Å². The molecule has 0 aromatic carbocycles. The van der Waals surface area contributed by atoms with Crippen molar-refractivity contribution in [1.82, 2.24) is 0 Å². The zero-order chi connectivity index (χ0) is 10.5.